The molecule has 37 heteroatoms. The summed E-state index contributed by atoms with van der Waals surface area (Å²) in [6, 6.07) is -1.89. The fourth-order valence-electron chi connectivity index (χ4n) is 10.6. The molecule has 14 bridgehead atoms. The number of ether oxygens (including phenoxy) is 14. The van der Waals surface area contributed by atoms with Gasteiger partial charge >= 0.3 is 0 Å². The first-order valence-electron chi connectivity index (χ1n) is 25.0. The number of aliphatic hydroxyl groups is 20. The molecule has 20 N–H and O–H groups in total. The van der Waals surface area contributed by atoms with E-state index in [1.54, 1.807) is 0 Å². The number of aliphatic hydroxyl groups excluding tert-OH is 20. The topological polar surface area (TPSA) is 583 Å². The Labute approximate surface area is 444 Å². The first-order chi connectivity index (χ1) is 37.7. The summed E-state index contributed by atoms with van der Waals surface area (Å²) in [5, 5.41) is 224. The van der Waals surface area contributed by atoms with E-state index in [-0.39, 0.29) is 0 Å². The molecule has 21 heterocycles. The largest absolute Gasteiger partial charge is 0.394 e. The van der Waals surface area contributed by atoms with E-state index in [0.717, 1.165) is 0 Å². The van der Waals surface area contributed by atoms with Crippen LogP contribution in [0, 0.1) is 0 Å². The lowest BCUT2D eigenvalue weighted by Gasteiger charge is -2.50. The Balaban J connectivity index is 1.09. The second kappa shape index (κ2) is 26.9. The van der Waals surface area contributed by atoms with Gasteiger partial charge in [0.05, 0.1) is 52.3 Å². The fraction of sp³-hybridized carbons (Fsp3) is 1.00. The molecule has 0 aromatic heterocycles. The van der Waals surface area contributed by atoms with Gasteiger partial charge in [-0.15, -0.1) is 0 Å². The monoisotopic (exact) mass is 1160 g/mol. The van der Waals surface area contributed by atoms with Gasteiger partial charge in [0.1, 0.15) is 165 Å². The molecule has 456 valence electrons. The van der Waals surface area contributed by atoms with Crippen LogP contribution in [-0.2, 0) is 66.3 Å². The zero-order chi connectivity index (χ0) is 57.5. The van der Waals surface area contributed by atoms with Gasteiger partial charge in [0.15, 0.2) is 44.0 Å². The van der Waals surface area contributed by atoms with Crippen LogP contribution in [0.3, 0.4) is 0 Å². The third-order valence-electron chi connectivity index (χ3n) is 15.0. The summed E-state index contributed by atoms with van der Waals surface area (Å²) in [6.07, 6.45) is -68.4. The van der Waals surface area contributed by atoms with Crippen molar-refractivity contribution < 1.29 is 168 Å². The lowest BCUT2D eigenvalue weighted by atomic mass is 9.94. The van der Waals surface area contributed by atoms with Gasteiger partial charge in [-0.3, -0.25) is 0 Å². The predicted octanol–water partition coefficient (Wildman–Crippen LogP) is -13.9. The number of azide groups is 1. The molecule has 0 unspecified atom stereocenters. The van der Waals surface area contributed by atoms with Gasteiger partial charge in [0.25, 0.3) is 0 Å². The van der Waals surface area contributed by atoms with Crippen LogP contribution in [0.25, 0.3) is 10.4 Å². The molecule has 21 saturated heterocycles. The molecule has 35 atom stereocenters. The highest BCUT2D eigenvalue weighted by atomic mass is 16.8. The molecule has 21 aliphatic rings. The summed E-state index contributed by atoms with van der Waals surface area (Å²) in [5.41, 5.74) is 9.57. The van der Waals surface area contributed by atoms with Crippen molar-refractivity contribution in [3.8, 4) is 0 Å². The van der Waals surface area contributed by atoms with Crippen LogP contribution in [0.4, 0.5) is 0 Å². The highest BCUT2D eigenvalue weighted by molar-refractivity contribution is 5.03. The van der Waals surface area contributed by atoms with E-state index >= 15 is 0 Å². The summed E-state index contributed by atoms with van der Waals surface area (Å²) < 4.78 is 79.9. The van der Waals surface area contributed by atoms with Crippen molar-refractivity contribution >= 4 is 0 Å². The standard InChI is InChI=1S/C42H69N3O34/c43-45-44-15-16(53)36-66-8(1-46)29(15)73-37-23(60)17(54)31(10(3-48)67-37)75-39-25(62)19(56)33(12(5-50)69-39)77-41-27(64)21(58)35(14(7-52)71-41)79-42-28(65)22(59)34(13(6-51)72-42)78-40-26(63)20(57)32(11(4-49)70-40)76-38-24(61)18(55)30(74-36)9(2-47)68-38/h8-42,46-65H,1-7H2/t8-,9-,10-,11-,12-,13-,14-,15-,16-,17-,18-,19-,20-,21-,22-,23-,24-,25-,26-,27-,28-,29-,30-,31-,32-,33-,34-,35-,36-,37-,38-,39-,40-,41-,42-/m1/s1. The molecule has 21 fully saturated rings. The normalized spacial score (nSPS) is 54.1. The van der Waals surface area contributed by atoms with E-state index in [1.807, 2.05) is 0 Å². The van der Waals surface area contributed by atoms with Crippen molar-refractivity contribution in [2.45, 2.75) is 215 Å². The second-order valence-corrected chi connectivity index (χ2v) is 19.9. The maximum atomic E-state index is 11.5. The van der Waals surface area contributed by atoms with Crippen LogP contribution < -0.4 is 0 Å². The van der Waals surface area contributed by atoms with Crippen LogP contribution in [0.2, 0.25) is 0 Å². The molecule has 37 nitrogen and oxygen atoms in total. The van der Waals surface area contributed by atoms with E-state index in [1.165, 1.54) is 0 Å². The van der Waals surface area contributed by atoms with E-state index in [9.17, 15) is 108 Å². The number of hydrogen-bond acceptors (Lipinski definition) is 35. The summed E-state index contributed by atoms with van der Waals surface area (Å²) in [4.78, 5) is 2.69. The maximum Gasteiger partial charge on any atom is 0.187 e. The molecule has 0 aliphatic carbocycles. The Kier molecular flexibility index (Phi) is 21.4. The number of hydrogen-bond donors (Lipinski definition) is 20. The van der Waals surface area contributed by atoms with Crippen molar-refractivity contribution in [3.05, 3.63) is 10.4 Å². The Bertz CT molecular complexity index is 1960. The second-order valence-electron chi connectivity index (χ2n) is 19.9. The first-order valence-corrected chi connectivity index (χ1v) is 25.0. The maximum absolute atomic E-state index is 11.5. The van der Waals surface area contributed by atoms with Crippen molar-refractivity contribution in [3.63, 3.8) is 0 Å². The molecule has 0 spiro atoms. The number of nitrogens with zero attached hydrogens (tertiary/aromatic N) is 3. The van der Waals surface area contributed by atoms with Crippen molar-refractivity contribution in [2.75, 3.05) is 46.2 Å². The molecule has 0 amide bonds. The minimum atomic E-state index is -2.23. The minimum Gasteiger partial charge on any atom is -0.394 e. The Morgan fingerprint density at radius 2 is 0.405 bits per heavy atom. The van der Waals surface area contributed by atoms with Crippen LogP contribution in [0.5, 0.6) is 0 Å². The summed E-state index contributed by atoms with van der Waals surface area (Å²) in [7, 11) is 0. The number of rotatable bonds is 8. The summed E-state index contributed by atoms with van der Waals surface area (Å²) in [5.74, 6) is 0. The van der Waals surface area contributed by atoms with Gasteiger partial charge in [-0.2, -0.15) is 0 Å². The minimum absolute atomic E-state index is 1.05. The Hall–Kier alpha value is -2.05. The zero-order valence-electron chi connectivity index (χ0n) is 41.2. The lowest BCUT2D eigenvalue weighted by Crippen LogP contribution is -2.68. The molecule has 0 saturated carbocycles. The molecule has 21 rings (SSSR count). The van der Waals surface area contributed by atoms with Gasteiger partial charge in [-0.05, 0) is 5.53 Å². The van der Waals surface area contributed by atoms with E-state index in [4.69, 9.17) is 66.3 Å². The Morgan fingerprint density at radius 1 is 0.241 bits per heavy atom. The van der Waals surface area contributed by atoms with Gasteiger partial charge in [0.2, 0.25) is 0 Å². The van der Waals surface area contributed by atoms with Crippen LogP contribution >= 0.6 is 0 Å². The van der Waals surface area contributed by atoms with Crippen LogP contribution in [0.1, 0.15) is 0 Å². The van der Waals surface area contributed by atoms with Gasteiger partial charge in [0, 0.05) is 4.91 Å². The average molecular weight is 1160 g/mol. The predicted molar refractivity (Wildman–Crippen MR) is 235 cm³/mol. The van der Waals surface area contributed by atoms with Gasteiger partial charge < -0.3 is 168 Å². The summed E-state index contributed by atoms with van der Waals surface area (Å²) in [6.45, 7) is -7.41. The molecule has 0 aromatic carbocycles. The summed E-state index contributed by atoms with van der Waals surface area (Å²) >= 11 is 0. The molecule has 0 aromatic rings. The smallest absolute Gasteiger partial charge is 0.187 e. The SMILES string of the molecule is [N-]=[N+]=N[C@@H]1[C@@H](O)[C@H]2O[C@H]3[C@H](O)[C@@H](O)[C@@H](O[C@H]4[C@H](O)[C@@H](O)[C@@H](O[C@H]5[C@H](O)[C@@H](O)[C@@H](O[C@H]6[C@H](O)[C@@H](O)[C@@H](O[C@H]7[C@H](O)[C@@H](O)[C@@H](O[C@H]8[C@H](O)[C@@H](O)[C@@H](O[C@@H]1[C@@H](CO)O2)O[C@@H]8CO)O[C@@H]7CO)O[C@@H]6CO)O[C@@H]5CO)O[C@@H]4CO)O[C@@H]3CO. The van der Waals surface area contributed by atoms with Gasteiger partial charge in [-0.25, -0.2) is 0 Å². The molecular formula is C42H69N3O34. The van der Waals surface area contributed by atoms with Crippen LogP contribution in [-0.4, -0.2) is 363 Å². The fourth-order valence-corrected chi connectivity index (χ4v) is 10.6. The zero-order valence-corrected chi connectivity index (χ0v) is 41.2. The highest BCUT2D eigenvalue weighted by Crippen LogP contribution is 2.39. The average Bonchev–Trinajstić information content (AvgIpc) is 3.48. The first kappa shape index (κ1) is 63.0. The van der Waals surface area contributed by atoms with Crippen molar-refractivity contribution in [1.82, 2.24) is 0 Å². The Morgan fingerprint density at radius 3 is 0.582 bits per heavy atom. The molecule has 0 radical (unpaired) electrons. The third kappa shape index (κ3) is 12.4. The van der Waals surface area contributed by atoms with Gasteiger partial charge in [-0.1, -0.05) is 5.11 Å². The van der Waals surface area contributed by atoms with E-state index in [0.29, 0.717) is 0 Å². The lowest BCUT2D eigenvalue weighted by molar-refractivity contribution is -0.396. The molecular weight excluding hydrogens is 1090 g/mol. The van der Waals surface area contributed by atoms with Crippen LogP contribution in [0.15, 0.2) is 5.11 Å². The van der Waals surface area contributed by atoms with Crippen molar-refractivity contribution in [1.29, 1.82) is 0 Å². The molecule has 79 heavy (non-hydrogen) atoms. The van der Waals surface area contributed by atoms with Crippen molar-refractivity contribution in [2.24, 2.45) is 5.11 Å². The van der Waals surface area contributed by atoms with E-state index in [2.05, 4.69) is 10.0 Å². The van der Waals surface area contributed by atoms with E-state index < -0.39 is 261 Å². The quantitative estimate of drug-likeness (QED) is 0.0610. The molecule has 21 aliphatic heterocycles. The highest BCUT2D eigenvalue weighted by Gasteiger charge is 2.59. The third-order valence-corrected chi connectivity index (χ3v) is 15.0.